The first-order valence-corrected chi connectivity index (χ1v) is 11.1. The van der Waals surface area contributed by atoms with Gasteiger partial charge in [-0.1, -0.05) is 30.3 Å². The molecule has 1 saturated heterocycles. The standard InChI is InChI=1S/C23H26N4S/c1-2-5-20-17-27(12-7-19(20)4-1)21-8-10-26(11-9-21)16-18-14-24-23(25-15-18)22-6-3-13-28-22/h1-6,13-15,21H,7-12,16-17H2. The van der Waals surface area contributed by atoms with Crippen molar-refractivity contribution in [2.45, 2.75) is 38.4 Å². The van der Waals surface area contributed by atoms with Crippen LogP contribution in [0.4, 0.5) is 0 Å². The van der Waals surface area contributed by atoms with E-state index < -0.39 is 0 Å². The van der Waals surface area contributed by atoms with Crippen molar-refractivity contribution >= 4 is 11.3 Å². The third kappa shape index (κ3) is 3.88. The van der Waals surface area contributed by atoms with Crippen LogP contribution in [-0.4, -0.2) is 45.4 Å². The second-order valence-corrected chi connectivity index (χ2v) is 8.84. The molecule has 0 atom stereocenters. The molecule has 0 saturated carbocycles. The Labute approximate surface area is 170 Å². The van der Waals surface area contributed by atoms with E-state index in [0.717, 1.165) is 42.9 Å². The summed E-state index contributed by atoms with van der Waals surface area (Å²) in [6.07, 6.45) is 7.71. The van der Waals surface area contributed by atoms with Crippen LogP contribution in [0, 0.1) is 0 Å². The van der Waals surface area contributed by atoms with Crippen LogP contribution in [0.25, 0.3) is 10.7 Å². The van der Waals surface area contributed by atoms with Gasteiger partial charge >= 0.3 is 0 Å². The van der Waals surface area contributed by atoms with Crippen LogP contribution in [-0.2, 0) is 19.5 Å². The predicted octanol–water partition coefficient (Wildman–Crippen LogP) is 4.23. The number of aromatic nitrogens is 2. The van der Waals surface area contributed by atoms with Gasteiger partial charge in [0.15, 0.2) is 5.82 Å². The number of fused-ring (bicyclic) bond motifs is 1. The minimum Gasteiger partial charge on any atom is -0.299 e. The molecule has 1 fully saturated rings. The summed E-state index contributed by atoms with van der Waals surface area (Å²) in [4.78, 5) is 15.5. The maximum atomic E-state index is 4.56. The predicted molar refractivity (Wildman–Crippen MR) is 114 cm³/mol. The Morgan fingerprint density at radius 3 is 2.46 bits per heavy atom. The van der Waals surface area contributed by atoms with E-state index in [0.29, 0.717) is 0 Å². The van der Waals surface area contributed by atoms with Gasteiger partial charge < -0.3 is 0 Å². The van der Waals surface area contributed by atoms with Crippen molar-refractivity contribution in [2.75, 3.05) is 19.6 Å². The minimum atomic E-state index is 0.724. The van der Waals surface area contributed by atoms with E-state index in [2.05, 4.69) is 55.5 Å². The van der Waals surface area contributed by atoms with Crippen LogP contribution >= 0.6 is 11.3 Å². The van der Waals surface area contributed by atoms with Gasteiger partial charge in [-0.05, 0) is 54.9 Å². The van der Waals surface area contributed by atoms with Crippen molar-refractivity contribution < 1.29 is 0 Å². The Hall–Kier alpha value is -2.08. The Kier molecular flexibility index (Phi) is 5.21. The van der Waals surface area contributed by atoms with Crippen molar-refractivity contribution in [3.63, 3.8) is 0 Å². The lowest BCUT2D eigenvalue weighted by Crippen LogP contribution is -2.46. The van der Waals surface area contributed by atoms with E-state index in [-0.39, 0.29) is 0 Å². The molecule has 5 heteroatoms. The molecule has 5 rings (SSSR count). The van der Waals surface area contributed by atoms with Gasteiger partial charge in [0, 0.05) is 43.6 Å². The van der Waals surface area contributed by atoms with Gasteiger partial charge in [0.2, 0.25) is 0 Å². The second kappa shape index (κ2) is 8.11. The average Bonchev–Trinajstić information content (AvgIpc) is 3.29. The number of piperidine rings is 1. The molecular formula is C23H26N4S. The molecule has 0 aliphatic carbocycles. The largest absolute Gasteiger partial charge is 0.299 e. The Bertz CT molecular complexity index is 899. The lowest BCUT2D eigenvalue weighted by Gasteiger charge is -2.40. The van der Waals surface area contributed by atoms with Crippen molar-refractivity contribution in [2.24, 2.45) is 0 Å². The quantitative estimate of drug-likeness (QED) is 0.667. The molecule has 0 radical (unpaired) electrons. The summed E-state index contributed by atoms with van der Waals surface area (Å²) in [6, 6.07) is 13.8. The van der Waals surface area contributed by atoms with Crippen LogP contribution in [0.1, 0.15) is 29.5 Å². The molecule has 4 nitrogen and oxygen atoms in total. The number of hydrogen-bond donors (Lipinski definition) is 0. The SMILES string of the molecule is c1csc(-c2ncc(CN3CCC(N4CCc5ccccc5C4)CC3)cn2)c1. The van der Waals surface area contributed by atoms with Crippen LogP contribution in [0.15, 0.2) is 54.2 Å². The molecule has 2 aliphatic heterocycles. The van der Waals surface area contributed by atoms with Crippen molar-refractivity contribution in [3.8, 4) is 10.7 Å². The number of likely N-dealkylation sites (tertiary alicyclic amines) is 1. The van der Waals surface area contributed by atoms with Gasteiger partial charge in [-0.2, -0.15) is 0 Å². The number of rotatable bonds is 4. The summed E-state index contributed by atoms with van der Waals surface area (Å²) in [5.74, 6) is 0.836. The fraction of sp³-hybridized carbons (Fsp3) is 0.391. The number of thiophene rings is 1. The average molecular weight is 391 g/mol. The molecule has 0 amide bonds. The maximum Gasteiger partial charge on any atom is 0.169 e. The van der Waals surface area contributed by atoms with Gasteiger partial charge in [-0.15, -0.1) is 11.3 Å². The van der Waals surface area contributed by atoms with Crippen LogP contribution in [0.2, 0.25) is 0 Å². The van der Waals surface area contributed by atoms with Crippen molar-refractivity contribution in [1.29, 1.82) is 0 Å². The highest BCUT2D eigenvalue weighted by Gasteiger charge is 2.27. The Morgan fingerprint density at radius 1 is 0.929 bits per heavy atom. The molecule has 2 aliphatic rings. The summed E-state index contributed by atoms with van der Waals surface area (Å²) in [5, 5.41) is 2.07. The number of nitrogens with zero attached hydrogens (tertiary/aromatic N) is 4. The van der Waals surface area contributed by atoms with Crippen molar-refractivity contribution in [1.82, 2.24) is 19.8 Å². The summed E-state index contributed by atoms with van der Waals surface area (Å²) in [5.41, 5.74) is 4.28. The van der Waals surface area contributed by atoms with Gasteiger partial charge in [0.05, 0.1) is 4.88 Å². The number of hydrogen-bond acceptors (Lipinski definition) is 5. The zero-order valence-corrected chi connectivity index (χ0v) is 16.9. The fourth-order valence-corrected chi connectivity index (χ4v) is 5.17. The molecule has 0 spiro atoms. The Morgan fingerprint density at radius 2 is 1.71 bits per heavy atom. The summed E-state index contributed by atoms with van der Waals surface area (Å²) < 4.78 is 0. The third-order valence-corrected chi connectivity index (χ3v) is 6.95. The Balaban J connectivity index is 1.15. The zero-order chi connectivity index (χ0) is 18.8. The topological polar surface area (TPSA) is 32.3 Å². The highest BCUT2D eigenvalue weighted by atomic mass is 32.1. The van der Waals surface area contributed by atoms with E-state index in [9.17, 15) is 0 Å². The van der Waals surface area contributed by atoms with E-state index in [1.54, 1.807) is 16.9 Å². The van der Waals surface area contributed by atoms with Crippen LogP contribution in [0.3, 0.4) is 0 Å². The molecule has 1 aromatic carbocycles. The number of benzene rings is 1. The monoisotopic (exact) mass is 390 g/mol. The third-order valence-electron chi connectivity index (χ3n) is 6.09. The molecule has 3 aromatic rings. The van der Waals surface area contributed by atoms with E-state index in [4.69, 9.17) is 0 Å². The molecule has 0 unspecified atom stereocenters. The maximum absolute atomic E-state index is 4.56. The van der Waals surface area contributed by atoms with Gasteiger partial charge in [0.1, 0.15) is 0 Å². The lowest BCUT2D eigenvalue weighted by molar-refractivity contribution is 0.0948. The van der Waals surface area contributed by atoms with E-state index >= 15 is 0 Å². The molecule has 144 valence electrons. The zero-order valence-electron chi connectivity index (χ0n) is 16.1. The molecule has 0 bridgehead atoms. The molecule has 4 heterocycles. The highest BCUT2D eigenvalue weighted by molar-refractivity contribution is 7.13. The second-order valence-electron chi connectivity index (χ2n) is 7.89. The van der Waals surface area contributed by atoms with Gasteiger partial charge in [0.25, 0.3) is 0 Å². The first-order valence-electron chi connectivity index (χ1n) is 10.2. The molecule has 0 N–H and O–H groups in total. The summed E-state index contributed by atoms with van der Waals surface area (Å²) in [7, 11) is 0. The van der Waals surface area contributed by atoms with E-state index in [1.165, 1.54) is 36.9 Å². The van der Waals surface area contributed by atoms with E-state index in [1.807, 2.05) is 18.5 Å². The fourth-order valence-electron chi connectivity index (χ4n) is 4.50. The minimum absolute atomic E-state index is 0.724. The van der Waals surface area contributed by atoms with Crippen molar-refractivity contribution in [3.05, 3.63) is 70.9 Å². The molecule has 2 aromatic heterocycles. The summed E-state index contributed by atoms with van der Waals surface area (Å²) >= 11 is 1.69. The normalized spacial score (nSPS) is 18.9. The van der Waals surface area contributed by atoms with Crippen LogP contribution in [0.5, 0.6) is 0 Å². The first-order chi connectivity index (χ1) is 13.8. The van der Waals surface area contributed by atoms with Gasteiger partial charge in [-0.3, -0.25) is 9.80 Å². The van der Waals surface area contributed by atoms with Crippen LogP contribution < -0.4 is 0 Å². The molecule has 28 heavy (non-hydrogen) atoms. The first kappa shape index (κ1) is 18.0. The lowest BCUT2D eigenvalue weighted by atomic mass is 9.95. The highest BCUT2D eigenvalue weighted by Crippen LogP contribution is 2.26. The molecular weight excluding hydrogens is 364 g/mol. The van der Waals surface area contributed by atoms with Gasteiger partial charge in [-0.25, -0.2) is 9.97 Å². The smallest absolute Gasteiger partial charge is 0.169 e. The summed E-state index contributed by atoms with van der Waals surface area (Å²) in [6.45, 7) is 5.61.